The summed E-state index contributed by atoms with van der Waals surface area (Å²) in [6, 6.07) is 16.3. The minimum Gasteiger partial charge on any atom is -0.465 e. The average molecular weight is 372 g/mol. The number of hydrogen-bond donors (Lipinski definition) is 0. The second-order valence-corrected chi connectivity index (χ2v) is 7.94. The molecular weight excluding hydrogens is 351 g/mol. The molecule has 3 unspecified atom stereocenters. The molecule has 28 heavy (non-hydrogen) atoms. The standard InChI is InChI=1S/C23H21BO4/c1-13-14-7-2-4-9-16(14)25-22(13)27-18-11-6-12-19-21(18)24-20-15-8-3-5-10-17(15)26-23(20)28-19/h2-5,7-11,19-21,23-24H,6,12H2,1H3/t19?,20?,21-,23?/m1/s1. The molecule has 4 nitrogen and oxygen atoms in total. The van der Waals surface area contributed by atoms with Crippen LogP contribution in [0, 0.1) is 6.92 Å². The van der Waals surface area contributed by atoms with Gasteiger partial charge in [0.25, 0.3) is 5.95 Å². The van der Waals surface area contributed by atoms with Gasteiger partial charge in [0.05, 0.1) is 6.10 Å². The Kier molecular flexibility index (Phi) is 3.60. The molecule has 0 radical (unpaired) electrons. The number of furan rings is 1. The van der Waals surface area contributed by atoms with E-state index in [0.717, 1.165) is 48.2 Å². The molecule has 0 amide bonds. The molecule has 0 saturated carbocycles. The van der Waals surface area contributed by atoms with E-state index in [4.69, 9.17) is 18.6 Å². The largest absolute Gasteiger partial charge is 0.465 e. The van der Waals surface area contributed by atoms with Crippen LogP contribution in [0.15, 0.2) is 64.8 Å². The second-order valence-electron chi connectivity index (χ2n) is 7.94. The molecule has 3 aromatic rings. The third-order valence-electron chi connectivity index (χ3n) is 6.33. The van der Waals surface area contributed by atoms with Crippen molar-refractivity contribution in [2.45, 2.75) is 43.8 Å². The van der Waals surface area contributed by atoms with Gasteiger partial charge in [0.15, 0.2) is 13.6 Å². The van der Waals surface area contributed by atoms with Gasteiger partial charge in [-0.15, -0.1) is 0 Å². The Labute approximate surface area is 164 Å². The maximum atomic E-state index is 6.38. The lowest BCUT2D eigenvalue weighted by Gasteiger charge is -2.39. The maximum Gasteiger partial charge on any atom is 0.293 e. The topological polar surface area (TPSA) is 40.8 Å². The predicted molar refractivity (Wildman–Crippen MR) is 108 cm³/mol. The van der Waals surface area contributed by atoms with Crippen LogP contribution in [0.4, 0.5) is 0 Å². The monoisotopic (exact) mass is 372 g/mol. The predicted octanol–water partition coefficient (Wildman–Crippen LogP) is 4.88. The fourth-order valence-electron chi connectivity index (χ4n) is 4.88. The summed E-state index contributed by atoms with van der Waals surface area (Å²) in [6.45, 7) is 2.05. The molecule has 3 aliphatic rings. The molecule has 1 fully saturated rings. The summed E-state index contributed by atoms with van der Waals surface area (Å²) in [7, 11) is 0.970. The van der Waals surface area contributed by atoms with E-state index in [1.54, 1.807) is 0 Å². The van der Waals surface area contributed by atoms with Gasteiger partial charge in [0.1, 0.15) is 17.1 Å². The number of allylic oxidation sites excluding steroid dienone is 1. The average Bonchev–Trinajstić information content (AvgIpc) is 3.24. The molecule has 2 aliphatic heterocycles. The van der Waals surface area contributed by atoms with Crippen molar-refractivity contribution in [3.8, 4) is 11.7 Å². The summed E-state index contributed by atoms with van der Waals surface area (Å²) >= 11 is 0. The van der Waals surface area contributed by atoms with Gasteiger partial charge in [-0.3, -0.25) is 0 Å². The molecule has 140 valence electrons. The molecule has 0 spiro atoms. The van der Waals surface area contributed by atoms with Gasteiger partial charge in [-0.2, -0.15) is 0 Å². The van der Waals surface area contributed by atoms with E-state index < -0.39 is 0 Å². The number of ether oxygens (including phenoxy) is 3. The zero-order chi connectivity index (χ0) is 18.7. The first-order valence-electron chi connectivity index (χ1n) is 10.0. The highest BCUT2D eigenvalue weighted by Gasteiger charge is 2.48. The van der Waals surface area contributed by atoms with Gasteiger partial charge in [-0.05, 0) is 43.5 Å². The van der Waals surface area contributed by atoms with Crippen LogP contribution >= 0.6 is 0 Å². The molecule has 0 N–H and O–H groups in total. The molecule has 0 bridgehead atoms. The third-order valence-corrected chi connectivity index (χ3v) is 6.33. The van der Waals surface area contributed by atoms with Crippen molar-refractivity contribution in [3.63, 3.8) is 0 Å². The van der Waals surface area contributed by atoms with Crippen LogP contribution in [0.2, 0.25) is 5.82 Å². The highest BCUT2D eigenvalue weighted by atomic mass is 16.7. The number of fused-ring (bicyclic) bond motifs is 5. The number of aryl methyl sites for hydroxylation is 1. The summed E-state index contributed by atoms with van der Waals surface area (Å²) in [5.74, 6) is 2.99. The zero-order valence-corrected chi connectivity index (χ0v) is 15.8. The maximum absolute atomic E-state index is 6.38. The van der Waals surface area contributed by atoms with Crippen molar-refractivity contribution in [3.05, 3.63) is 71.5 Å². The number of benzene rings is 2. The van der Waals surface area contributed by atoms with E-state index in [0.29, 0.717) is 5.95 Å². The number of para-hydroxylation sites is 2. The first kappa shape index (κ1) is 16.3. The Hall–Kier alpha value is -2.66. The van der Waals surface area contributed by atoms with Gasteiger partial charge in [-0.25, -0.2) is 0 Å². The quantitative estimate of drug-likeness (QED) is 0.601. The second kappa shape index (κ2) is 6.18. The van der Waals surface area contributed by atoms with E-state index in [-0.39, 0.29) is 24.0 Å². The van der Waals surface area contributed by atoms with Crippen molar-refractivity contribution in [1.29, 1.82) is 0 Å². The molecule has 4 atom stereocenters. The Balaban J connectivity index is 1.31. The molecule has 1 aliphatic carbocycles. The molecule has 6 rings (SSSR count). The normalized spacial score (nSPS) is 27.8. The lowest BCUT2D eigenvalue weighted by atomic mass is 9.48. The number of hydrogen-bond acceptors (Lipinski definition) is 4. The van der Waals surface area contributed by atoms with Crippen LogP contribution in [0.5, 0.6) is 11.7 Å². The molecule has 1 saturated heterocycles. The van der Waals surface area contributed by atoms with Crippen molar-refractivity contribution >= 4 is 18.2 Å². The van der Waals surface area contributed by atoms with E-state index in [1.807, 2.05) is 30.3 Å². The first-order valence-corrected chi connectivity index (χ1v) is 10.0. The fraction of sp³-hybridized carbons (Fsp3) is 0.304. The third kappa shape index (κ3) is 2.42. The minimum atomic E-state index is -0.175. The summed E-state index contributed by atoms with van der Waals surface area (Å²) in [4.78, 5) is 0. The summed E-state index contributed by atoms with van der Waals surface area (Å²) in [5, 5.41) is 1.10. The Morgan fingerprint density at radius 3 is 2.82 bits per heavy atom. The summed E-state index contributed by atoms with van der Waals surface area (Å²) < 4.78 is 24.8. The van der Waals surface area contributed by atoms with Crippen LogP contribution in [0.1, 0.15) is 29.8 Å². The molecule has 5 heteroatoms. The Morgan fingerprint density at radius 2 is 1.89 bits per heavy atom. The van der Waals surface area contributed by atoms with Crippen LogP contribution < -0.4 is 9.47 Å². The van der Waals surface area contributed by atoms with Crippen molar-refractivity contribution in [1.82, 2.24) is 0 Å². The first-order chi connectivity index (χ1) is 13.8. The van der Waals surface area contributed by atoms with Crippen LogP contribution in [-0.2, 0) is 4.74 Å². The Bertz CT molecular complexity index is 1090. The van der Waals surface area contributed by atoms with Crippen LogP contribution in [-0.4, -0.2) is 19.7 Å². The van der Waals surface area contributed by atoms with Crippen LogP contribution in [0.3, 0.4) is 0 Å². The summed E-state index contributed by atoms with van der Waals surface area (Å²) in [6.07, 6.45) is 4.10. The van der Waals surface area contributed by atoms with E-state index in [2.05, 4.69) is 31.2 Å². The molecule has 3 heterocycles. The molecule has 2 aromatic carbocycles. The van der Waals surface area contributed by atoms with Gasteiger partial charge in [0.2, 0.25) is 0 Å². The van der Waals surface area contributed by atoms with E-state index >= 15 is 0 Å². The van der Waals surface area contributed by atoms with Crippen LogP contribution in [0.25, 0.3) is 11.0 Å². The van der Waals surface area contributed by atoms with Gasteiger partial charge in [0, 0.05) is 22.6 Å². The SMILES string of the molecule is Cc1c(OC2=CCCC3OC4Oc5ccccc5C4B[C@H]23)oc2ccccc12. The van der Waals surface area contributed by atoms with Gasteiger partial charge >= 0.3 is 0 Å². The smallest absolute Gasteiger partial charge is 0.293 e. The molecular formula is C23H21BO4. The van der Waals surface area contributed by atoms with Crippen molar-refractivity contribution in [2.24, 2.45) is 0 Å². The van der Waals surface area contributed by atoms with Crippen molar-refractivity contribution < 1.29 is 18.6 Å². The zero-order valence-electron chi connectivity index (χ0n) is 15.8. The summed E-state index contributed by atoms with van der Waals surface area (Å²) in [5.41, 5.74) is 3.15. The molecule has 1 aromatic heterocycles. The fourth-order valence-corrected chi connectivity index (χ4v) is 4.88. The highest BCUT2D eigenvalue weighted by Crippen LogP contribution is 2.48. The Morgan fingerprint density at radius 1 is 1.04 bits per heavy atom. The van der Waals surface area contributed by atoms with E-state index in [1.165, 1.54) is 5.56 Å². The van der Waals surface area contributed by atoms with Gasteiger partial charge < -0.3 is 18.6 Å². The highest BCUT2D eigenvalue weighted by molar-refractivity contribution is 6.42. The minimum absolute atomic E-state index is 0.125. The van der Waals surface area contributed by atoms with Crippen molar-refractivity contribution in [2.75, 3.05) is 0 Å². The lowest BCUT2D eigenvalue weighted by Crippen LogP contribution is -2.44. The van der Waals surface area contributed by atoms with Gasteiger partial charge in [-0.1, -0.05) is 36.4 Å². The van der Waals surface area contributed by atoms with E-state index in [9.17, 15) is 0 Å². The lowest BCUT2D eigenvalue weighted by molar-refractivity contribution is -0.124. The number of rotatable bonds is 2.